The number of pyridine rings is 1. The minimum absolute atomic E-state index is 0.147. The smallest absolute Gasteiger partial charge is 0.305 e. The molecule has 0 unspecified atom stereocenters. The average Bonchev–Trinajstić information content (AvgIpc) is 3.44. The molecule has 0 aliphatic rings. The number of carbonyl (C=O) groups is 1. The number of ether oxygens (including phenoxy) is 1. The molecule has 0 fully saturated rings. The van der Waals surface area contributed by atoms with Gasteiger partial charge in [0.2, 0.25) is 0 Å². The first kappa shape index (κ1) is 20.7. The van der Waals surface area contributed by atoms with Gasteiger partial charge in [-0.25, -0.2) is 0 Å². The largest absolute Gasteiger partial charge is 0.466 e. The second-order valence-electron chi connectivity index (χ2n) is 7.10. The quantitative estimate of drug-likeness (QED) is 0.262. The van der Waals surface area contributed by atoms with Gasteiger partial charge in [0.1, 0.15) is 16.7 Å². The Bertz CT molecular complexity index is 1100. The summed E-state index contributed by atoms with van der Waals surface area (Å²) in [6.45, 7) is 7.09. The lowest BCUT2D eigenvalue weighted by Gasteiger charge is -2.02. The van der Waals surface area contributed by atoms with Crippen molar-refractivity contribution in [3.8, 4) is 21.0 Å². The summed E-state index contributed by atoms with van der Waals surface area (Å²) in [5.74, 6) is -0.147. The van der Waals surface area contributed by atoms with Crippen LogP contribution in [0.15, 0.2) is 30.5 Å². The number of carbonyl (C=O) groups excluding carboxylic acids is 1. The van der Waals surface area contributed by atoms with Crippen molar-refractivity contribution in [3.63, 3.8) is 0 Å². The number of unbranched alkanes of at least 4 members (excludes halogenated alkanes) is 1. The standard InChI is InChI=1S/C22H24N4O2S2/c1-4-28-19(27)7-5-6-12-26-24-20-16(17-10-8-14(2)29-17)13-23-21(22(20)25-26)18-11-9-15(3)30-18/h8-11,13H,4-7,12H2,1-3H3. The number of thiophene rings is 2. The van der Waals surface area contributed by atoms with Crippen LogP contribution in [-0.4, -0.2) is 32.6 Å². The molecule has 8 heteroatoms. The minimum Gasteiger partial charge on any atom is -0.466 e. The van der Waals surface area contributed by atoms with Crippen LogP contribution >= 0.6 is 22.7 Å². The van der Waals surface area contributed by atoms with E-state index in [4.69, 9.17) is 19.9 Å². The topological polar surface area (TPSA) is 69.9 Å². The SMILES string of the molecule is CCOC(=O)CCCCn1nc2c(-c3ccc(C)s3)cnc(-c3ccc(C)s3)c2n1. The van der Waals surface area contributed by atoms with Gasteiger partial charge in [-0.3, -0.25) is 9.78 Å². The Morgan fingerprint density at radius 3 is 2.37 bits per heavy atom. The maximum atomic E-state index is 11.5. The van der Waals surface area contributed by atoms with Gasteiger partial charge in [-0.1, -0.05) is 0 Å². The first-order chi connectivity index (χ1) is 14.5. The lowest BCUT2D eigenvalue weighted by molar-refractivity contribution is -0.143. The second-order valence-corrected chi connectivity index (χ2v) is 9.67. The summed E-state index contributed by atoms with van der Waals surface area (Å²) >= 11 is 3.45. The molecule has 0 aliphatic heterocycles. The number of aromatic nitrogens is 4. The van der Waals surface area contributed by atoms with E-state index >= 15 is 0 Å². The van der Waals surface area contributed by atoms with Gasteiger partial charge in [-0.2, -0.15) is 15.0 Å². The summed E-state index contributed by atoms with van der Waals surface area (Å²) < 4.78 is 4.99. The van der Waals surface area contributed by atoms with E-state index in [1.807, 2.05) is 13.1 Å². The number of esters is 1. The van der Waals surface area contributed by atoms with Gasteiger partial charge >= 0.3 is 5.97 Å². The van der Waals surface area contributed by atoms with Crippen LogP contribution in [0.5, 0.6) is 0 Å². The molecule has 0 aliphatic carbocycles. The highest BCUT2D eigenvalue weighted by Gasteiger charge is 2.18. The van der Waals surface area contributed by atoms with E-state index in [-0.39, 0.29) is 5.97 Å². The molecule has 4 heterocycles. The highest BCUT2D eigenvalue weighted by atomic mass is 32.1. The highest BCUT2D eigenvalue weighted by molar-refractivity contribution is 7.15. The molecule has 4 aromatic rings. The molecule has 0 saturated carbocycles. The number of hydrogen-bond acceptors (Lipinski definition) is 7. The molecular formula is C22H24N4O2S2. The molecular weight excluding hydrogens is 416 g/mol. The zero-order valence-electron chi connectivity index (χ0n) is 17.3. The summed E-state index contributed by atoms with van der Waals surface area (Å²) in [4.78, 5) is 22.8. The second kappa shape index (κ2) is 9.06. The summed E-state index contributed by atoms with van der Waals surface area (Å²) in [5.41, 5.74) is 3.58. The molecule has 4 aromatic heterocycles. The number of rotatable bonds is 8. The normalized spacial score (nSPS) is 11.3. The van der Waals surface area contributed by atoms with Gasteiger partial charge in [-0.05, 0) is 57.9 Å². The van der Waals surface area contributed by atoms with Gasteiger partial charge in [0.15, 0.2) is 0 Å². The Morgan fingerprint density at radius 2 is 1.70 bits per heavy atom. The molecule has 0 spiro atoms. The molecule has 0 amide bonds. The van der Waals surface area contributed by atoms with Crippen molar-refractivity contribution in [2.24, 2.45) is 0 Å². The summed E-state index contributed by atoms with van der Waals surface area (Å²) in [5, 5.41) is 9.59. The first-order valence-electron chi connectivity index (χ1n) is 10.1. The van der Waals surface area contributed by atoms with Gasteiger partial charge < -0.3 is 4.74 Å². The van der Waals surface area contributed by atoms with Crippen LogP contribution in [0.4, 0.5) is 0 Å². The van der Waals surface area contributed by atoms with Crippen molar-refractivity contribution in [1.29, 1.82) is 0 Å². The zero-order chi connectivity index (χ0) is 21.1. The number of fused-ring (bicyclic) bond motifs is 1. The van der Waals surface area contributed by atoms with Crippen LogP contribution < -0.4 is 0 Å². The van der Waals surface area contributed by atoms with Crippen molar-refractivity contribution < 1.29 is 9.53 Å². The van der Waals surface area contributed by atoms with Crippen molar-refractivity contribution in [3.05, 3.63) is 40.2 Å². The molecule has 0 aromatic carbocycles. The van der Waals surface area contributed by atoms with E-state index < -0.39 is 0 Å². The van der Waals surface area contributed by atoms with Crippen molar-refractivity contribution >= 4 is 39.7 Å². The third-order valence-corrected chi connectivity index (χ3v) is 6.77. The average molecular weight is 441 g/mol. The van der Waals surface area contributed by atoms with Crippen LogP contribution in [0.1, 0.15) is 35.9 Å². The summed E-state index contributed by atoms with van der Waals surface area (Å²) in [6.07, 6.45) is 3.91. The Hall–Kier alpha value is -2.58. The van der Waals surface area contributed by atoms with E-state index in [0.717, 1.165) is 44.9 Å². The summed E-state index contributed by atoms with van der Waals surface area (Å²) in [6, 6.07) is 8.42. The van der Waals surface area contributed by atoms with Crippen LogP contribution in [-0.2, 0) is 16.1 Å². The fourth-order valence-electron chi connectivity index (χ4n) is 3.30. The van der Waals surface area contributed by atoms with Crippen molar-refractivity contribution in [1.82, 2.24) is 20.0 Å². The number of nitrogens with zero attached hydrogens (tertiary/aromatic N) is 4. The monoisotopic (exact) mass is 440 g/mol. The molecule has 0 radical (unpaired) electrons. The number of aryl methyl sites for hydroxylation is 3. The van der Waals surface area contributed by atoms with E-state index in [9.17, 15) is 4.79 Å². The lowest BCUT2D eigenvalue weighted by Crippen LogP contribution is -2.06. The van der Waals surface area contributed by atoms with Crippen LogP contribution in [0.2, 0.25) is 0 Å². The predicted octanol–water partition coefficient (Wildman–Crippen LogP) is 5.63. The van der Waals surface area contributed by atoms with Crippen LogP contribution in [0, 0.1) is 13.8 Å². The van der Waals surface area contributed by atoms with Crippen molar-refractivity contribution in [2.45, 2.75) is 46.6 Å². The maximum Gasteiger partial charge on any atom is 0.305 e. The van der Waals surface area contributed by atoms with Crippen LogP contribution in [0.3, 0.4) is 0 Å². The fraction of sp³-hybridized carbons (Fsp3) is 0.364. The van der Waals surface area contributed by atoms with Gasteiger partial charge in [0, 0.05) is 32.8 Å². The summed E-state index contributed by atoms with van der Waals surface area (Å²) in [7, 11) is 0. The number of hydrogen-bond donors (Lipinski definition) is 0. The third-order valence-electron chi connectivity index (χ3n) is 4.73. The Labute approximate surface area is 183 Å². The molecule has 6 nitrogen and oxygen atoms in total. The van der Waals surface area contributed by atoms with E-state index in [1.165, 1.54) is 9.75 Å². The molecule has 30 heavy (non-hydrogen) atoms. The first-order valence-corrected chi connectivity index (χ1v) is 11.7. The molecule has 156 valence electrons. The Morgan fingerprint density at radius 1 is 1.00 bits per heavy atom. The van der Waals surface area contributed by atoms with Crippen LogP contribution in [0.25, 0.3) is 32.0 Å². The van der Waals surface area contributed by atoms with Gasteiger partial charge in [0.25, 0.3) is 0 Å². The van der Waals surface area contributed by atoms with E-state index in [1.54, 1.807) is 27.5 Å². The van der Waals surface area contributed by atoms with Gasteiger partial charge in [0.05, 0.1) is 18.0 Å². The lowest BCUT2D eigenvalue weighted by atomic mass is 10.1. The molecule has 0 bridgehead atoms. The van der Waals surface area contributed by atoms with E-state index in [2.05, 4.69) is 38.1 Å². The molecule has 0 saturated heterocycles. The maximum absolute atomic E-state index is 11.5. The Balaban J connectivity index is 1.65. The third kappa shape index (κ3) is 4.44. The minimum atomic E-state index is -0.147. The van der Waals surface area contributed by atoms with Crippen molar-refractivity contribution in [2.75, 3.05) is 6.61 Å². The zero-order valence-corrected chi connectivity index (χ0v) is 19.0. The predicted molar refractivity (Wildman–Crippen MR) is 122 cm³/mol. The fourth-order valence-corrected chi connectivity index (χ4v) is 5.04. The molecule has 0 atom stereocenters. The molecule has 4 rings (SSSR count). The van der Waals surface area contributed by atoms with Gasteiger partial charge in [-0.15, -0.1) is 22.7 Å². The highest BCUT2D eigenvalue weighted by Crippen LogP contribution is 2.36. The Kier molecular flexibility index (Phi) is 6.24. The molecule has 0 N–H and O–H groups in total. The van der Waals surface area contributed by atoms with E-state index in [0.29, 0.717) is 19.6 Å².